The molecule has 0 unspecified atom stereocenters. The fraction of sp³-hybridized carbons (Fsp3) is 0.800. The third-order valence-electron chi connectivity index (χ3n) is 4.65. The monoisotopic (exact) mass is 245 g/mol. The number of aromatic nitrogens is 2. The van der Waals surface area contributed by atoms with Crippen LogP contribution in [0.4, 0.5) is 0 Å². The van der Waals surface area contributed by atoms with Crippen molar-refractivity contribution in [2.45, 2.75) is 64.0 Å². The van der Waals surface area contributed by atoms with Crippen molar-refractivity contribution in [2.24, 2.45) is 5.92 Å². The van der Waals surface area contributed by atoms with Gasteiger partial charge in [0.1, 0.15) is 5.82 Å². The van der Waals surface area contributed by atoms with Crippen molar-refractivity contribution < 1.29 is 0 Å². The van der Waals surface area contributed by atoms with Gasteiger partial charge in [-0.3, -0.25) is 0 Å². The summed E-state index contributed by atoms with van der Waals surface area (Å²) in [5.41, 5.74) is 2.89. The SMILES string of the molecule is C(CC1CC1)Cn1c(C2CC2)nc2c1CCNC2. The molecule has 2 heterocycles. The molecule has 3 aliphatic rings. The molecule has 0 bridgehead atoms. The molecule has 2 aliphatic carbocycles. The van der Waals surface area contributed by atoms with E-state index in [4.69, 9.17) is 4.98 Å². The lowest BCUT2D eigenvalue weighted by Crippen LogP contribution is -2.25. The minimum Gasteiger partial charge on any atom is -0.331 e. The van der Waals surface area contributed by atoms with E-state index in [1.54, 1.807) is 5.69 Å². The molecule has 18 heavy (non-hydrogen) atoms. The van der Waals surface area contributed by atoms with E-state index < -0.39 is 0 Å². The van der Waals surface area contributed by atoms with Crippen LogP contribution in [0.15, 0.2) is 0 Å². The second-order valence-corrected chi connectivity index (χ2v) is 6.30. The molecule has 1 N–H and O–H groups in total. The third-order valence-corrected chi connectivity index (χ3v) is 4.65. The Hall–Kier alpha value is -0.830. The Morgan fingerprint density at radius 2 is 2.11 bits per heavy atom. The molecule has 0 saturated heterocycles. The molecule has 1 aromatic rings. The predicted molar refractivity (Wildman–Crippen MR) is 71.6 cm³/mol. The van der Waals surface area contributed by atoms with Crippen LogP contribution in [0.2, 0.25) is 0 Å². The van der Waals surface area contributed by atoms with Gasteiger partial charge in [-0.1, -0.05) is 12.8 Å². The molecule has 0 spiro atoms. The van der Waals surface area contributed by atoms with Gasteiger partial charge in [0.2, 0.25) is 0 Å². The van der Waals surface area contributed by atoms with Crippen LogP contribution in [0.1, 0.15) is 61.7 Å². The topological polar surface area (TPSA) is 29.9 Å². The summed E-state index contributed by atoms with van der Waals surface area (Å²) in [4.78, 5) is 4.93. The van der Waals surface area contributed by atoms with Gasteiger partial charge in [-0.2, -0.15) is 0 Å². The quantitative estimate of drug-likeness (QED) is 0.864. The standard InChI is InChI=1S/C15H23N3/c1(2-11-3-4-11)9-18-14-7-8-16-10-13(14)17-15(18)12-5-6-12/h11-12,16H,1-10H2. The van der Waals surface area contributed by atoms with Gasteiger partial charge in [-0.15, -0.1) is 0 Å². The minimum absolute atomic E-state index is 0.788. The molecule has 1 aliphatic heterocycles. The van der Waals surface area contributed by atoms with E-state index in [0.717, 1.165) is 24.9 Å². The Morgan fingerprint density at radius 3 is 2.89 bits per heavy atom. The van der Waals surface area contributed by atoms with Crippen molar-refractivity contribution in [2.75, 3.05) is 6.54 Å². The number of imidazole rings is 1. The molecule has 98 valence electrons. The zero-order valence-corrected chi connectivity index (χ0v) is 11.1. The fourth-order valence-electron chi connectivity index (χ4n) is 3.24. The highest BCUT2D eigenvalue weighted by atomic mass is 15.1. The summed E-state index contributed by atoms with van der Waals surface area (Å²) in [5.74, 6) is 3.27. The van der Waals surface area contributed by atoms with Crippen LogP contribution < -0.4 is 5.32 Å². The number of nitrogens with one attached hydrogen (secondary N) is 1. The second-order valence-electron chi connectivity index (χ2n) is 6.30. The van der Waals surface area contributed by atoms with Crippen molar-refractivity contribution in [3.63, 3.8) is 0 Å². The van der Waals surface area contributed by atoms with E-state index in [9.17, 15) is 0 Å². The number of rotatable bonds is 5. The average Bonchev–Trinajstić information content (AvgIpc) is 3.28. The van der Waals surface area contributed by atoms with E-state index in [1.807, 2.05) is 0 Å². The maximum atomic E-state index is 4.93. The average molecular weight is 245 g/mol. The van der Waals surface area contributed by atoms with Crippen molar-refractivity contribution in [1.82, 2.24) is 14.9 Å². The lowest BCUT2D eigenvalue weighted by atomic mass is 10.1. The molecule has 0 aromatic carbocycles. The number of hydrogen-bond donors (Lipinski definition) is 1. The highest BCUT2D eigenvalue weighted by Crippen LogP contribution is 2.41. The highest BCUT2D eigenvalue weighted by molar-refractivity contribution is 5.24. The summed E-state index contributed by atoms with van der Waals surface area (Å²) < 4.78 is 2.59. The van der Waals surface area contributed by atoms with Crippen molar-refractivity contribution >= 4 is 0 Å². The third kappa shape index (κ3) is 2.09. The number of hydrogen-bond acceptors (Lipinski definition) is 2. The summed E-state index contributed by atoms with van der Waals surface area (Å²) in [7, 11) is 0. The summed E-state index contributed by atoms with van der Waals surface area (Å²) >= 11 is 0. The van der Waals surface area contributed by atoms with Gasteiger partial charge in [-0.05, 0) is 31.6 Å². The van der Waals surface area contributed by atoms with Crippen LogP contribution in [-0.2, 0) is 19.5 Å². The van der Waals surface area contributed by atoms with Gasteiger partial charge in [-0.25, -0.2) is 4.98 Å². The first-order chi connectivity index (χ1) is 8.92. The Balaban J connectivity index is 1.54. The molecule has 0 atom stereocenters. The predicted octanol–water partition coefficient (Wildman–Crippen LogP) is 2.60. The first-order valence-corrected chi connectivity index (χ1v) is 7.70. The van der Waals surface area contributed by atoms with Gasteiger partial charge >= 0.3 is 0 Å². The molecular weight excluding hydrogens is 222 g/mol. The molecule has 4 rings (SSSR count). The molecule has 3 heteroatoms. The number of nitrogens with zero attached hydrogens (tertiary/aromatic N) is 2. The Kier molecular flexibility index (Phi) is 2.68. The van der Waals surface area contributed by atoms with Gasteiger partial charge in [0, 0.05) is 37.7 Å². The van der Waals surface area contributed by atoms with Crippen LogP contribution in [-0.4, -0.2) is 16.1 Å². The molecule has 2 saturated carbocycles. The Bertz CT molecular complexity index is 441. The van der Waals surface area contributed by atoms with Crippen molar-refractivity contribution in [3.8, 4) is 0 Å². The molecular formula is C15H23N3. The Morgan fingerprint density at radius 1 is 1.22 bits per heavy atom. The largest absolute Gasteiger partial charge is 0.331 e. The zero-order chi connectivity index (χ0) is 11.9. The van der Waals surface area contributed by atoms with Crippen LogP contribution in [0.5, 0.6) is 0 Å². The van der Waals surface area contributed by atoms with Crippen LogP contribution in [0.3, 0.4) is 0 Å². The van der Waals surface area contributed by atoms with E-state index in [0.29, 0.717) is 0 Å². The zero-order valence-electron chi connectivity index (χ0n) is 11.1. The molecule has 0 radical (unpaired) electrons. The molecule has 3 nitrogen and oxygen atoms in total. The summed E-state index contributed by atoms with van der Waals surface area (Å²) in [6.07, 6.45) is 9.69. The molecule has 0 amide bonds. The summed E-state index contributed by atoms with van der Waals surface area (Å²) in [6.45, 7) is 3.35. The fourth-order valence-corrected chi connectivity index (χ4v) is 3.24. The van der Waals surface area contributed by atoms with Gasteiger partial charge in [0.25, 0.3) is 0 Å². The van der Waals surface area contributed by atoms with E-state index >= 15 is 0 Å². The lowest BCUT2D eigenvalue weighted by molar-refractivity contribution is 0.531. The smallest absolute Gasteiger partial charge is 0.112 e. The first-order valence-electron chi connectivity index (χ1n) is 7.70. The van der Waals surface area contributed by atoms with Crippen molar-refractivity contribution in [1.29, 1.82) is 0 Å². The summed E-state index contributed by atoms with van der Waals surface area (Å²) in [6, 6.07) is 0. The molecule has 1 aromatic heterocycles. The minimum atomic E-state index is 0.788. The summed E-state index contributed by atoms with van der Waals surface area (Å²) in [5, 5.41) is 3.45. The highest BCUT2D eigenvalue weighted by Gasteiger charge is 2.31. The van der Waals surface area contributed by atoms with E-state index in [2.05, 4.69) is 9.88 Å². The van der Waals surface area contributed by atoms with E-state index in [-0.39, 0.29) is 0 Å². The van der Waals surface area contributed by atoms with Gasteiger partial charge in [0.15, 0.2) is 0 Å². The van der Waals surface area contributed by atoms with Crippen molar-refractivity contribution in [3.05, 3.63) is 17.2 Å². The van der Waals surface area contributed by atoms with E-state index in [1.165, 1.54) is 63.0 Å². The van der Waals surface area contributed by atoms with Crippen LogP contribution in [0.25, 0.3) is 0 Å². The number of fused-ring (bicyclic) bond motifs is 1. The Labute approximate surface area is 109 Å². The van der Waals surface area contributed by atoms with Crippen LogP contribution >= 0.6 is 0 Å². The first kappa shape index (κ1) is 11.0. The van der Waals surface area contributed by atoms with Crippen LogP contribution in [0, 0.1) is 5.92 Å². The normalized spacial score (nSPS) is 23.1. The molecule has 2 fully saturated rings. The van der Waals surface area contributed by atoms with Gasteiger partial charge < -0.3 is 9.88 Å². The van der Waals surface area contributed by atoms with Gasteiger partial charge in [0.05, 0.1) is 5.69 Å². The maximum Gasteiger partial charge on any atom is 0.112 e. The maximum absolute atomic E-state index is 4.93. The second kappa shape index (κ2) is 4.37. The lowest BCUT2D eigenvalue weighted by Gasteiger charge is -2.16.